The summed E-state index contributed by atoms with van der Waals surface area (Å²) in [5.41, 5.74) is 4.72. The van der Waals surface area contributed by atoms with E-state index in [4.69, 9.17) is 4.42 Å². The van der Waals surface area contributed by atoms with Crippen molar-refractivity contribution in [3.05, 3.63) is 77.7 Å². The largest absolute Gasteiger partial charge is 0.469 e. The molecule has 0 saturated carbocycles. The Morgan fingerprint density at radius 2 is 1.80 bits per heavy atom. The van der Waals surface area contributed by atoms with Crippen LogP contribution in [0.2, 0.25) is 0 Å². The predicted octanol–water partition coefficient (Wildman–Crippen LogP) is 5.05. The summed E-state index contributed by atoms with van der Waals surface area (Å²) in [4.78, 5) is 27.5. The van der Waals surface area contributed by atoms with E-state index in [0.29, 0.717) is 24.4 Å². The van der Waals surface area contributed by atoms with Gasteiger partial charge in [0, 0.05) is 18.8 Å². The van der Waals surface area contributed by atoms with Crippen LogP contribution in [0.3, 0.4) is 0 Å². The Bertz CT molecular complexity index is 1070. The van der Waals surface area contributed by atoms with Crippen LogP contribution in [0.4, 0.5) is 5.69 Å². The van der Waals surface area contributed by atoms with Crippen molar-refractivity contribution >= 4 is 17.5 Å². The minimum absolute atomic E-state index is 0.0437. The van der Waals surface area contributed by atoms with Gasteiger partial charge in [0.2, 0.25) is 5.91 Å². The summed E-state index contributed by atoms with van der Waals surface area (Å²) < 4.78 is 5.26. The van der Waals surface area contributed by atoms with Crippen LogP contribution in [0.15, 0.2) is 65.3 Å². The SMILES string of the molecule is Cc1cccc(-c2cccc(NC(=O)[C@H]3CCCN(C(=O)c4ccoc4C)C3)c2)c1. The number of anilines is 1. The first-order chi connectivity index (χ1) is 14.5. The fourth-order valence-electron chi connectivity index (χ4n) is 4.00. The van der Waals surface area contributed by atoms with E-state index in [1.54, 1.807) is 17.9 Å². The number of nitrogens with one attached hydrogen (secondary N) is 1. The van der Waals surface area contributed by atoms with Gasteiger partial charge in [0.05, 0.1) is 17.7 Å². The van der Waals surface area contributed by atoms with Crippen LogP contribution < -0.4 is 5.32 Å². The summed E-state index contributed by atoms with van der Waals surface area (Å²) in [5, 5.41) is 3.05. The molecule has 1 aliphatic rings. The van der Waals surface area contributed by atoms with Gasteiger partial charge < -0.3 is 14.6 Å². The van der Waals surface area contributed by atoms with Gasteiger partial charge in [-0.25, -0.2) is 0 Å². The molecule has 0 bridgehead atoms. The highest BCUT2D eigenvalue weighted by Gasteiger charge is 2.30. The molecule has 1 atom stereocenters. The Labute approximate surface area is 176 Å². The number of hydrogen-bond donors (Lipinski definition) is 1. The molecule has 5 nitrogen and oxygen atoms in total. The van der Waals surface area contributed by atoms with E-state index in [1.165, 1.54) is 11.8 Å². The second kappa shape index (κ2) is 8.57. The Kier molecular flexibility index (Phi) is 5.70. The molecule has 2 heterocycles. The van der Waals surface area contributed by atoms with Crippen molar-refractivity contribution < 1.29 is 14.0 Å². The standard InChI is InChI=1S/C25H26N2O3/c1-17-6-3-7-19(14-17)20-8-4-10-22(15-20)26-24(28)21-9-5-12-27(16-21)25(29)23-11-13-30-18(23)2/h3-4,6-8,10-11,13-15,21H,5,9,12,16H2,1-2H3,(H,26,28)/t21-/m0/s1. The van der Waals surface area contributed by atoms with E-state index < -0.39 is 0 Å². The van der Waals surface area contributed by atoms with Gasteiger partial charge in [0.1, 0.15) is 5.76 Å². The molecule has 154 valence electrons. The molecule has 3 aromatic rings. The van der Waals surface area contributed by atoms with E-state index in [-0.39, 0.29) is 17.7 Å². The van der Waals surface area contributed by atoms with Crippen LogP contribution in [0.5, 0.6) is 0 Å². The second-order valence-electron chi connectivity index (χ2n) is 7.92. The van der Waals surface area contributed by atoms with Gasteiger partial charge in [-0.15, -0.1) is 0 Å². The molecular formula is C25H26N2O3. The van der Waals surface area contributed by atoms with E-state index in [1.807, 2.05) is 30.3 Å². The molecule has 0 aliphatic carbocycles. The normalized spacial score (nSPS) is 16.3. The fourth-order valence-corrected chi connectivity index (χ4v) is 4.00. The number of furan rings is 1. The average Bonchev–Trinajstić information content (AvgIpc) is 3.19. The fraction of sp³-hybridized carbons (Fsp3) is 0.280. The van der Waals surface area contributed by atoms with Crippen LogP contribution in [-0.2, 0) is 4.79 Å². The summed E-state index contributed by atoms with van der Waals surface area (Å²) in [6, 6.07) is 17.9. The zero-order valence-corrected chi connectivity index (χ0v) is 17.4. The third kappa shape index (κ3) is 4.30. The van der Waals surface area contributed by atoms with Gasteiger partial charge in [-0.2, -0.15) is 0 Å². The van der Waals surface area contributed by atoms with E-state index in [9.17, 15) is 9.59 Å². The van der Waals surface area contributed by atoms with Crippen molar-refractivity contribution in [3.63, 3.8) is 0 Å². The lowest BCUT2D eigenvalue weighted by Gasteiger charge is -2.32. The van der Waals surface area contributed by atoms with Gasteiger partial charge in [0.15, 0.2) is 0 Å². The van der Waals surface area contributed by atoms with Crippen LogP contribution in [0.1, 0.15) is 34.5 Å². The number of aryl methyl sites for hydroxylation is 2. The number of piperidine rings is 1. The topological polar surface area (TPSA) is 62.6 Å². The van der Waals surface area contributed by atoms with Crippen molar-refractivity contribution in [1.29, 1.82) is 0 Å². The number of rotatable bonds is 4. The molecule has 2 amide bonds. The molecule has 1 N–H and O–H groups in total. The Morgan fingerprint density at radius 3 is 2.53 bits per heavy atom. The molecule has 1 aliphatic heterocycles. The van der Waals surface area contributed by atoms with Crippen molar-refractivity contribution in [1.82, 2.24) is 4.90 Å². The quantitative estimate of drug-likeness (QED) is 0.664. The Hall–Kier alpha value is -3.34. The Balaban J connectivity index is 1.44. The number of nitrogens with zero attached hydrogens (tertiary/aromatic N) is 1. The number of carbonyl (C=O) groups excluding carboxylic acids is 2. The van der Waals surface area contributed by atoms with Crippen molar-refractivity contribution in [3.8, 4) is 11.1 Å². The summed E-state index contributed by atoms with van der Waals surface area (Å²) in [7, 11) is 0. The molecule has 1 aromatic heterocycles. The molecule has 2 aromatic carbocycles. The van der Waals surface area contributed by atoms with E-state index in [0.717, 1.165) is 29.7 Å². The lowest BCUT2D eigenvalue weighted by atomic mass is 9.96. The minimum atomic E-state index is -0.225. The Morgan fingerprint density at radius 1 is 1.03 bits per heavy atom. The van der Waals surface area contributed by atoms with Crippen LogP contribution in [-0.4, -0.2) is 29.8 Å². The maximum Gasteiger partial charge on any atom is 0.257 e. The molecule has 5 heteroatoms. The highest BCUT2D eigenvalue weighted by molar-refractivity contribution is 5.97. The lowest BCUT2D eigenvalue weighted by Crippen LogP contribution is -2.43. The molecule has 1 fully saturated rings. The molecule has 4 rings (SSSR count). The first-order valence-corrected chi connectivity index (χ1v) is 10.3. The van der Waals surface area contributed by atoms with Crippen LogP contribution in [0, 0.1) is 19.8 Å². The first kappa shape index (κ1) is 20.0. The van der Waals surface area contributed by atoms with Gasteiger partial charge >= 0.3 is 0 Å². The average molecular weight is 402 g/mol. The lowest BCUT2D eigenvalue weighted by molar-refractivity contribution is -0.121. The predicted molar refractivity (Wildman–Crippen MR) is 117 cm³/mol. The van der Waals surface area contributed by atoms with Crippen molar-refractivity contribution in [2.75, 3.05) is 18.4 Å². The minimum Gasteiger partial charge on any atom is -0.469 e. The van der Waals surface area contributed by atoms with E-state index in [2.05, 4.69) is 30.4 Å². The smallest absolute Gasteiger partial charge is 0.257 e. The van der Waals surface area contributed by atoms with Gasteiger partial charge in [-0.3, -0.25) is 9.59 Å². The summed E-state index contributed by atoms with van der Waals surface area (Å²) in [5.74, 6) is 0.273. The van der Waals surface area contributed by atoms with Crippen LogP contribution in [0.25, 0.3) is 11.1 Å². The number of likely N-dealkylation sites (tertiary alicyclic amines) is 1. The first-order valence-electron chi connectivity index (χ1n) is 10.3. The number of benzene rings is 2. The molecule has 30 heavy (non-hydrogen) atoms. The maximum atomic E-state index is 12.9. The maximum absolute atomic E-state index is 12.9. The van der Waals surface area contributed by atoms with Gasteiger partial charge in [0.25, 0.3) is 5.91 Å². The highest BCUT2D eigenvalue weighted by atomic mass is 16.3. The van der Waals surface area contributed by atoms with Crippen molar-refractivity contribution in [2.45, 2.75) is 26.7 Å². The van der Waals surface area contributed by atoms with Crippen LogP contribution >= 0.6 is 0 Å². The molecule has 0 spiro atoms. The molecule has 1 saturated heterocycles. The van der Waals surface area contributed by atoms with Gasteiger partial charge in [-0.1, -0.05) is 42.0 Å². The highest BCUT2D eigenvalue weighted by Crippen LogP contribution is 2.25. The zero-order valence-electron chi connectivity index (χ0n) is 17.4. The number of carbonyl (C=O) groups is 2. The zero-order chi connectivity index (χ0) is 21.1. The van der Waals surface area contributed by atoms with E-state index >= 15 is 0 Å². The third-order valence-corrected chi connectivity index (χ3v) is 5.65. The van der Waals surface area contributed by atoms with Crippen molar-refractivity contribution in [2.24, 2.45) is 5.92 Å². The summed E-state index contributed by atoms with van der Waals surface area (Å²) >= 11 is 0. The molecule has 0 radical (unpaired) electrons. The van der Waals surface area contributed by atoms with Gasteiger partial charge in [-0.05, 0) is 56.0 Å². The third-order valence-electron chi connectivity index (χ3n) is 5.65. The summed E-state index contributed by atoms with van der Waals surface area (Å²) in [6.45, 7) is 4.93. The number of amides is 2. The second-order valence-corrected chi connectivity index (χ2v) is 7.92. The monoisotopic (exact) mass is 402 g/mol. The molecular weight excluding hydrogens is 376 g/mol. The number of hydrogen-bond acceptors (Lipinski definition) is 3. The summed E-state index contributed by atoms with van der Waals surface area (Å²) in [6.07, 6.45) is 3.11. The molecule has 0 unspecified atom stereocenters.